The molecule has 2 nitrogen and oxygen atoms in total. The number of piperidine rings is 1. The van der Waals surface area contributed by atoms with Gasteiger partial charge in [-0.05, 0) is 42.5 Å². The Morgan fingerprint density at radius 1 is 0.967 bits per heavy atom. The number of rotatable bonds is 3. The molecule has 3 rings (SSSR count). The number of carbonyl (C=O) groups excluding carboxylic acids is 1. The third-order valence-electron chi connectivity index (χ3n) is 5.09. The summed E-state index contributed by atoms with van der Waals surface area (Å²) in [4.78, 5) is 14.3. The minimum atomic E-state index is -5.04. The van der Waals surface area contributed by atoms with Crippen LogP contribution in [0.15, 0.2) is 42.5 Å². The van der Waals surface area contributed by atoms with Crippen LogP contribution < -0.4 is 0 Å². The molecular weight excluding hydrogens is 428 g/mol. The Balaban J connectivity index is 2.16. The maximum absolute atomic E-state index is 13.8. The van der Waals surface area contributed by atoms with Crippen molar-refractivity contribution in [2.75, 3.05) is 13.1 Å². The SMILES string of the molecule is O=C(c1cc(C(F)(F)F)cc(C(F)(F)F)c1Cc1ccccc1)N1CCC(S)CC1. The van der Waals surface area contributed by atoms with Crippen LogP contribution in [-0.4, -0.2) is 29.1 Å². The molecule has 0 unspecified atom stereocenters. The van der Waals surface area contributed by atoms with Crippen LogP contribution in [0.5, 0.6) is 0 Å². The van der Waals surface area contributed by atoms with Crippen LogP contribution in [0.1, 0.15) is 45.5 Å². The van der Waals surface area contributed by atoms with Crippen LogP contribution in [0.25, 0.3) is 0 Å². The molecule has 1 aliphatic rings. The van der Waals surface area contributed by atoms with E-state index in [1.165, 1.54) is 4.90 Å². The number of thiol groups is 1. The topological polar surface area (TPSA) is 20.3 Å². The lowest BCUT2D eigenvalue weighted by Crippen LogP contribution is -2.39. The molecular formula is C21H19F6NOS. The summed E-state index contributed by atoms with van der Waals surface area (Å²) >= 11 is 4.32. The smallest absolute Gasteiger partial charge is 0.339 e. The van der Waals surface area contributed by atoms with E-state index in [9.17, 15) is 31.1 Å². The summed E-state index contributed by atoms with van der Waals surface area (Å²) in [7, 11) is 0. The molecule has 0 radical (unpaired) electrons. The second kappa shape index (κ2) is 8.53. The lowest BCUT2D eigenvalue weighted by Gasteiger charge is -2.31. The summed E-state index contributed by atoms with van der Waals surface area (Å²) in [5, 5.41) is 0.0464. The Morgan fingerprint density at radius 2 is 1.57 bits per heavy atom. The molecule has 2 aromatic carbocycles. The highest BCUT2D eigenvalue weighted by Gasteiger charge is 2.41. The van der Waals surface area contributed by atoms with Gasteiger partial charge in [-0.3, -0.25) is 4.79 Å². The fourth-order valence-corrected chi connectivity index (χ4v) is 3.74. The quantitative estimate of drug-likeness (QED) is 0.462. The molecule has 2 aromatic rings. The largest absolute Gasteiger partial charge is 0.416 e. The summed E-state index contributed by atoms with van der Waals surface area (Å²) in [6.07, 6.45) is -9.32. The molecule has 0 spiro atoms. The van der Waals surface area contributed by atoms with Gasteiger partial charge in [0.25, 0.3) is 5.91 Å². The number of carbonyl (C=O) groups is 1. The molecule has 0 bridgehead atoms. The van der Waals surface area contributed by atoms with E-state index in [2.05, 4.69) is 12.6 Å². The second-order valence-corrected chi connectivity index (χ2v) is 7.96. The van der Waals surface area contributed by atoms with Crippen LogP contribution in [0.2, 0.25) is 0 Å². The van der Waals surface area contributed by atoms with Gasteiger partial charge >= 0.3 is 12.4 Å². The Morgan fingerprint density at radius 3 is 2.10 bits per heavy atom. The molecule has 1 saturated heterocycles. The first-order valence-corrected chi connectivity index (χ1v) is 9.81. The molecule has 0 aromatic heterocycles. The van der Waals surface area contributed by atoms with E-state index in [1.54, 1.807) is 30.3 Å². The summed E-state index contributed by atoms with van der Waals surface area (Å²) in [5.41, 5.74) is -3.46. The van der Waals surface area contributed by atoms with Gasteiger partial charge in [-0.1, -0.05) is 30.3 Å². The van der Waals surface area contributed by atoms with Gasteiger partial charge in [0.05, 0.1) is 11.1 Å². The minimum Gasteiger partial charge on any atom is -0.339 e. The van der Waals surface area contributed by atoms with Crippen molar-refractivity contribution >= 4 is 18.5 Å². The zero-order valence-corrected chi connectivity index (χ0v) is 16.6. The van der Waals surface area contributed by atoms with Gasteiger partial charge in [0.2, 0.25) is 0 Å². The lowest BCUT2D eigenvalue weighted by atomic mass is 9.91. The van der Waals surface area contributed by atoms with Crippen LogP contribution in [0.4, 0.5) is 26.3 Å². The Kier molecular flexibility index (Phi) is 6.40. The number of hydrogen-bond acceptors (Lipinski definition) is 2. The third-order valence-corrected chi connectivity index (χ3v) is 5.60. The first kappa shape index (κ1) is 22.5. The summed E-state index contributed by atoms with van der Waals surface area (Å²) < 4.78 is 81.3. The van der Waals surface area contributed by atoms with Crippen molar-refractivity contribution in [2.45, 2.75) is 36.9 Å². The number of alkyl halides is 6. The van der Waals surface area contributed by atoms with Crippen molar-refractivity contribution in [1.29, 1.82) is 0 Å². The van der Waals surface area contributed by atoms with Crippen molar-refractivity contribution < 1.29 is 31.1 Å². The maximum atomic E-state index is 13.8. The predicted octanol–water partition coefficient (Wildman–Crippen LogP) is 5.85. The van der Waals surface area contributed by atoms with E-state index in [4.69, 9.17) is 0 Å². The van der Waals surface area contributed by atoms with Crippen molar-refractivity contribution in [3.63, 3.8) is 0 Å². The van der Waals surface area contributed by atoms with Crippen LogP contribution in [0.3, 0.4) is 0 Å². The van der Waals surface area contributed by atoms with Crippen molar-refractivity contribution in [3.05, 3.63) is 70.3 Å². The highest BCUT2D eigenvalue weighted by molar-refractivity contribution is 7.80. The average molecular weight is 447 g/mol. The molecule has 1 amide bonds. The molecule has 0 aliphatic carbocycles. The van der Waals surface area contributed by atoms with E-state index >= 15 is 0 Å². The summed E-state index contributed by atoms with van der Waals surface area (Å²) in [6.45, 7) is 0.463. The molecule has 0 saturated carbocycles. The molecule has 30 heavy (non-hydrogen) atoms. The van der Waals surface area contributed by atoms with E-state index in [-0.39, 0.29) is 30.8 Å². The first-order valence-electron chi connectivity index (χ1n) is 9.29. The van der Waals surface area contributed by atoms with Crippen molar-refractivity contribution in [3.8, 4) is 0 Å². The number of likely N-dealkylation sites (tertiary alicyclic amines) is 1. The summed E-state index contributed by atoms with van der Waals surface area (Å²) in [5.74, 6) is -0.822. The fourth-order valence-electron chi connectivity index (χ4n) is 3.51. The molecule has 162 valence electrons. The average Bonchev–Trinajstić information content (AvgIpc) is 2.67. The zero-order chi connectivity index (χ0) is 22.1. The standard InChI is InChI=1S/C21H19F6NOS/c22-20(23,24)14-11-17(19(29)28-8-6-15(30)7-9-28)16(18(12-14)21(25,26)27)10-13-4-2-1-3-5-13/h1-5,11-12,15,30H,6-10H2. The van der Waals surface area contributed by atoms with Crippen molar-refractivity contribution in [2.24, 2.45) is 0 Å². The monoisotopic (exact) mass is 447 g/mol. The highest BCUT2D eigenvalue weighted by atomic mass is 32.1. The zero-order valence-electron chi connectivity index (χ0n) is 15.7. The van der Waals surface area contributed by atoms with Gasteiger partial charge in [0.1, 0.15) is 0 Å². The van der Waals surface area contributed by atoms with Crippen LogP contribution in [-0.2, 0) is 18.8 Å². The van der Waals surface area contributed by atoms with Gasteiger partial charge in [-0.25, -0.2) is 0 Å². The summed E-state index contributed by atoms with van der Waals surface area (Å²) in [6, 6.07) is 8.68. The first-order chi connectivity index (χ1) is 14.0. The van der Waals surface area contributed by atoms with Crippen LogP contribution in [0, 0.1) is 0 Å². The van der Waals surface area contributed by atoms with Gasteiger partial charge < -0.3 is 4.90 Å². The predicted molar refractivity (Wildman–Crippen MR) is 104 cm³/mol. The fraction of sp³-hybridized carbons (Fsp3) is 0.381. The Labute approximate surface area is 175 Å². The number of hydrogen-bond donors (Lipinski definition) is 1. The highest BCUT2D eigenvalue weighted by Crippen LogP contribution is 2.40. The number of nitrogens with zero attached hydrogens (tertiary/aromatic N) is 1. The molecule has 1 aliphatic heterocycles. The van der Waals surface area contributed by atoms with Crippen molar-refractivity contribution in [1.82, 2.24) is 4.90 Å². The number of amides is 1. The Bertz CT molecular complexity index is 902. The third kappa shape index (κ3) is 5.11. The minimum absolute atomic E-state index is 0.0464. The molecule has 0 N–H and O–H groups in total. The second-order valence-electron chi connectivity index (χ2n) is 7.23. The number of benzene rings is 2. The van der Waals surface area contributed by atoms with E-state index in [0.29, 0.717) is 24.5 Å². The Hall–Kier alpha value is -2.16. The van der Waals surface area contributed by atoms with E-state index in [0.717, 1.165) is 0 Å². The normalized spacial score (nSPS) is 16.0. The molecule has 0 atom stereocenters. The lowest BCUT2D eigenvalue weighted by molar-refractivity contribution is -0.143. The van der Waals surface area contributed by atoms with Gasteiger partial charge in [-0.2, -0.15) is 39.0 Å². The van der Waals surface area contributed by atoms with Gasteiger partial charge in [-0.15, -0.1) is 0 Å². The number of halogens is 6. The van der Waals surface area contributed by atoms with E-state index < -0.39 is 40.5 Å². The molecule has 1 fully saturated rings. The van der Waals surface area contributed by atoms with Crippen LogP contribution >= 0.6 is 12.6 Å². The van der Waals surface area contributed by atoms with E-state index in [1.807, 2.05) is 0 Å². The van der Waals surface area contributed by atoms with Gasteiger partial charge in [0.15, 0.2) is 0 Å². The maximum Gasteiger partial charge on any atom is 0.416 e. The van der Waals surface area contributed by atoms with Gasteiger partial charge in [0, 0.05) is 23.9 Å². The molecule has 9 heteroatoms. The molecule has 1 heterocycles.